The van der Waals surface area contributed by atoms with Crippen LogP contribution in [0.3, 0.4) is 0 Å². The van der Waals surface area contributed by atoms with Gasteiger partial charge < -0.3 is 25.6 Å². The van der Waals surface area contributed by atoms with E-state index >= 15 is 0 Å². The number of nitrogens with zero attached hydrogens (tertiary/aromatic N) is 5. The predicted octanol–water partition coefficient (Wildman–Crippen LogP) is 1.78. The second kappa shape index (κ2) is 9.27. The van der Waals surface area contributed by atoms with Gasteiger partial charge in [-0.2, -0.15) is 5.26 Å². The number of carbonyl (C=O) groups excluding carboxylic acids is 1. The van der Waals surface area contributed by atoms with E-state index in [4.69, 9.17) is 22.4 Å². The number of nitriles is 1. The number of benzene rings is 1. The Morgan fingerprint density at radius 2 is 2.17 bits per heavy atom. The van der Waals surface area contributed by atoms with Crippen LogP contribution in [0.25, 0.3) is 11.0 Å². The molecule has 13 heteroatoms. The summed E-state index contributed by atoms with van der Waals surface area (Å²) < 4.78 is 16.5. The normalized spacial score (nSPS) is 15.7. The van der Waals surface area contributed by atoms with E-state index in [0.29, 0.717) is 30.8 Å². The third-order valence-corrected chi connectivity index (χ3v) is 6.34. The number of carboxylic acid groups (broad SMARTS) is 1. The van der Waals surface area contributed by atoms with Crippen molar-refractivity contribution >= 4 is 40.5 Å². The van der Waals surface area contributed by atoms with Gasteiger partial charge in [0.2, 0.25) is 5.82 Å². The molecule has 3 aromatic rings. The Kier molecular flexibility index (Phi) is 6.36. The zero-order chi connectivity index (χ0) is 25.4. The molecule has 0 radical (unpaired) electrons. The highest BCUT2D eigenvalue weighted by molar-refractivity contribution is 6.31. The average molecular weight is 502 g/mol. The Labute approximate surface area is 203 Å². The number of nitrogens with one attached hydrogen (secondary N) is 1. The molecule has 4 rings (SSSR count). The Morgan fingerprint density at radius 1 is 1.43 bits per heavy atom. The quantitative estimate of drug-likeness (QED) is 0.480. The van der Waals surface area contributed by atoms with Crippen LogP contribution in [-0.4, -0.2) is 50.4 Å². The molecule has 11 nitrogen and oxygen atoms in total. The highest BCUT2D eigenvalue weighted by Crippen LogP contribution is 2.33. The molecule has 35 heavy (non-hydrogen) atoms. The van der Waals surface area contributed by atoms with Crippen LogP contribution in [0, 0.1) is 17.1 Å². The van der Waals surface area contributed by atoms with Gasteiger partial charge in [0.25, 0.3) is 11.5 Å². The summed E-state index contributed by atoms with van der Waals surface area (Å²) in [6, 6.07) is 5.46. The van der Waals surface area contributed by atoms with Crippen LogP contribution >= 0.6 is 11.6 Å². The summed E-state index contributed by atoms with van der Waals surface area (Å²) in [5.41, 5.74) is 5.12. The van der Waals surface area contributed by atoms with Gasteiger partial charge in [0, 0.05) is 31.2 Å². The molecule has 3 heterocycles. The number of piperidine rings is 1. The molecule has 1 aliphatic rings. The summed E-state index contributed by atoms with van der Waals surface area (Å²) in [5, 5.41) is 21.9. The fourth-order valence-electron chi connectivity index (χ4n) is 4.46. The van der Waals surface area contributed by atoms with Crippen molar-refractivity contribution in [3.8, 4) is 6.07 Å². The van der Waals surface area contributed by atoms with E-state index in [1.54, 1.807) is 4.90 Å². The number of halogens is 2. The summed E-state index contributed by atoms with van der Waals surface area (Å²) in [6.07, 6.45) is 0.0220. The van der Waals surface area contributed by atoms with Crippen molar-refractivity contribution in [2.24, 2.45) is 12.8 Å². The van der Waals surface area contributed by atoms with E-state index in [1.165, 1.54) is 29.8 Å². The van der Waals surface area contributed by atoms with Gasteiger partial charge in [0.05, 0.1) is 6.54 Å². The second-order valence-corrected chi connectivity index (χ2v) is 8.64. The molecule has 1 aromatic carbocycles. The SMILES string of the molecule is Cn1c(C(N)=O)nc2c(C#N)c(N3CCC[C@@H](NC(=O)O)C3)n(Cc3cc(F)ccc3Cl)c2c1=O. The van der Waals surface area contributed by atoms with Gasteiger partial charge in [-0.25, -0.2) is 14.2 Å². The number of fused-ring (bicyclic) bond motifs is 1. The molecule has 1 saturated heterocycles. The van der Waals surface area contributed by atoms with Crippen LogP contribution in [0.4, 0.5) is 15.0 Å². The fourth-order valence-corrected chi connectivity index (χ4v) is 4.63. The first-order valence-corrected chi connectivity index (χ1v) is 11.0. The third-order valence-electron chi connectivity index (χ3n) is 5.97. The van der Waals surface area contributed by atoms with E-state index in [9.17, 15) is 24.0 Å². The van der Waals surface area contributed by atoms with Crippen molar-refractivity contribution in [2.45, 2.75) is 25.4 Å². The minimum absolute atomic E-state index is 0.0118. The molecule has 0 saturated carbocycles. The topological polar surface area (TPSA) is 159 Å². The first-order chi connectivity index (χ1) is 16.6. The average Bonchev–Trinajstić information content (AvgIpc) is 3.11. The molecule has 2 amide bonds. The van der Waals surface area contributed by atoms with E-state index in [2.05, 4.69) is 16.4 Å². The minimum Gasteiger partial charge on any atom is -0.465 e. The van der Waals surface area contributed by atoms with Gasteiger partial charge in [-0.3, -0.25) is 14.2 Å². The lowest BCUT2D eigenvalue weighted by atomic mass is 10.1. The molecule has 4 N–H and O–H groups in total. The van der Waals surface area contributed by atoms with Gasteiger partial charge in [0.1, 0.15) is 34.3 Å². The lowest BCUT2D eigenvalue weighted by Crippen LogP contribution is -2.48. The van der Waals surface area contributed by atoms with E-state index in [-0.39, 0.29) is 40.5 Å². The van der Waals surface area contributed by atoms with Crippen molar-refractivity contribution in [1.82, 2.24) is 19.4 Å². The van der Waals surface area contributed by atoms with Crippen molar-refractivity contribution in [3.63, 3.8) is 0 Å². The summed E-state index contributed by atoms with van der Waals surface area (Å²) in [6.45, 7) is 0.602. The molecule has 0 aliphatic carbocycles. The van der Waals surface area contributed by atoms with Crippen LogP contribution in [0.15, 0.2) is 23.0 Å². The summed E-state index contributed by atoms with van der Waals surface area (Å²) >= 11 is 6.30. The highest BCUT2D eigenvalue weighted by atomic mass is 35.5. The van der Waals surface area contributed by atoms with Crippen molar-refractivity contribution in [2.75, 3.05) is 18.0 Å². The molecule has 182 valence electrons. The van der Waals surface area contributed by atoms with Crippen molar-refractivity contribution in [1.29, 1.82) is 5.26 Å². The van der Waals surface area contributed by atoms with Crippen LogP contribution in [-0.2, 0) is 13.6 Å². The first-order valence-electron chi connectivity index (χ1n) is 10.6. The monoisotopic (exact) mass is 501 g/mol. The predicted molar refractivity (Wildman–Crippen MR) is 125 cm³/mol. The molecule has 1 aliphatic heterocycles. The molecular formula is C22H21ClFN7O4. The van der Waals surface area contributed by atoms with Gasteiger partial charge >= 0.3 is 6.09 Å². The molecule has 0 unspecified atom stereocenters. The number of hydrogen-bond acceptors (Lipinski definition) is 6. The molecule has 0 spiro atoms. The van der Waals surface area contributed by atoms with Gasteiger partial charge in [0.15, 0.2) is 0 Å². The van der Waals surface area contributed by atoms with Crippen LogP contribution in [0.2, 0.25) is 5.02 Å². The van der Waals surface area contributed by atoms with Crippen LogP contribution in [0.1, 0.15) is 34.6 Å². The number of aromatic nitrogens is 3. The standard InChI is InChI=1S/C22H21ClFN7O4/c1-29-19(18(26)32)28-16-14(8-25)20(30-6-2-3-13(10-30)27-22(34)35)31(17(16)21(29)33)9-11-7-12(24)4-5-15(11)23/h4-5,7,13,27H,2-3,6,9-10H2,1H3,(H2,26,32)(H,34,35)/t13-/m1/s1. The number of primary amides is 1. The van der Waals surface area contributed by atoms with Crippen molar-refractivity contribution < 1.29 is 19.1 Å². The minimum atomic E-state index is -1.17. The number of nitrogens with two attached hydrogens (primary N) is 1. The van der Waals surface area contributed by atoms with Gasteiger partial charge in [-0.05, 0) is 36.6 Å². The lowest BCUT2D eigenvalue weighted by molar-refractivity contribution is 0.0986. The molecule has 1 atom stereocenters. The van der Waals surface area contributed by atoms with Gasteiger partial charge in [-0.15, -0.1) is 0 Å². The maximum atomic E-state index is 14.0. The highest BCUT2D eigenvalue weighted by Gasteiger charge is 2.31. The molecule has 1 fully saturated rings. The van der Waals surface area contributed by atoms with E-state index in [0.717, 1.165) is 4.57 Å². The molecule has 0 bridgehead atoms. The van der Waals surface area contributed by atoms with E-state index < -0.39 is 29.4 Å². The third kappa shape index (κ3) is 4.38. The van der Waals surface area contributed by atoms with Gasteiger partial charge in [-0.1, -0.05) is 11.6 Å². The zero-order valence-electron chi connectivity index (χ0n) is 18.6. The summed E-state index contributed by atoms with van der Waals surface area (Å²) in [5.74, 6) is -1.50. The van der Waals surface area contributed by atoms with Crippen LogP contribution < -0.4 is 21.5 Å². The number of carbonyl (C=O) groups is 2. The number of rotatable bonds is 5. The summed E-state index contributed by atoms with van der Waals surface area (Å²) in [7, 11) is 1.33. The maximum absolute atomic E-state index is 14.0. The number of anilines is 1. The Morgan fingerprint density at radius 3 is 2.83 bits per heavy atom. The smallest absolute Gasteiger partial charge is 0.404 e. The van der Waals surface area contributed by atoms with Crippen LogP contribution in [0.5, 0.6) is 0 Å². The Balaban J connectivity index is 2.00. The molecular weight excluding hydrogens is 481 g/mol. The Bertz CT molecular complexity index is 1460. The number of amides is 2. The fraction of sp³-hybridized carbons (Fsp3) is 0.318. The van der Waals surface area contributed by atoms with E-state index in [1.807, 2.05) is 0 Å². The zero-order valence-corrected chi connectivity index (χ0v) is 19.3. The lowest BCUT2D eigenvalue weighted by Gasteiger charge is -2.35. The first kappa shape index (κ1) is 24.0. The Hall–Kier alpha value is -4.11. The number of hydrogen-bond donors (Lipinski definition) is 3. The maximum Gasteiger partial charge on any atom is 0.404 e. The van der Waals surface area contributed by atoms with Crippen molar-refractivity contribution in [3.05, 3.63) is 56.3 Å². The molecule has 2 aromatic heterocycles. The second-order valence-electron chi connectivity index (χ2n) is 8.23. The summed E-state index contributed by atoms with van der Waals surface area (Å²) in [4.78, 5) is 42.5. The largest absolute Gasteiger partial charge is 0.465 e.